The highest BCUT2D eigenvalue weighted by Crippen LogP contribution is 2.68. The van der Waals surface area contributed by atoms with E-state index in [9.17, 15) is 0 Å². The van der Waals surface area contributed by atoms with E-state index >= 15 is 0 Å². The molecule has 13 aromatic rings. The molecule has 15 rings (SSSR count). The van der Waals surface area contributed by atoms with Gasteiger partial charge >= 0.3 is 0 Å². The number of rotatable bonds is 4. The molecule has 0 heterocycles. The van der Waals surface area contributed by atoms with Crippen LogP contribution in [0.5, 0.6) is 0 Å². The largest absolute Gasteiger partial charge is 0.0622 e. The first-order chi connectivity index (χ1) is 32.8. The molecule has 0 saturated carbocycles. The lowest BCUT2D eigenvalue weighted by Crippen LogP contribution is -1.98. The van der Waals surface area contributed by atoms with Crippen molar-refractivity contribution in [1.29, 1.82) is 0 Å². The van der Waals surface area contributed by atoms with Crippen molar-refractivity contribution in [1.82, 2.24) is 0 Å². The predicted octanol–water partition coefficient (Wildman–Crippen LogP) is 18.6. The molecule has 2 aliphatic carbocycles. The maximum atomic E-state index is 2.41. The summed E-state index contributed by atoms with van der Waals surface area (Å²) in [6.45, 7) is 0. The molecule has 0 N–H and O–H groups in total. The Labute approximate surface area is 382 Å². The first-order valence-electron chi connectivity index (χ1n) is 23.1. The van der Waals surface area contributed by atoms with Gasteiger partial charge in [0.2, 0.25) is 0 Å². The van der Waals surface area contributed by atoms with Crippen LogP contribution in [-0.2, 0) is 0 Å². The van der Waals surface area contributed by atoms with E-state index in [4.69, 9.17) is 0 Å². The van der Waals surface area contributed by atoms with Gasteiger partial charge in [0.15, 0.2) is 0 Å². The Bertz CT molecular complexity index is 3950. The minimum Gasteiger partial charge on any atom is -0.0622 e. The molecule has 66 heavy (non-hydrogen) atoms. The van der Waals surface area contributed by atoms with Crippen LogP contribution in [0.15, 0.2) is 231 Å². The molecular formula is C66H38. The summed E-state index contributed by atoms with van der Waals surface area (Å²) < 4.78 is 0. The van der Waals surface area contributed by atoms with Gasteiger partial charge in [0.05, 0.1) is 0 Å². The summed E-state index contributed by atoms with van der Waals surface area (Å²) in [6.07, 6.45) is 0. The zero-order valence-corrected chi connectivity index (χ0v) is 35.9. The Kier molecular flexibility index (Phi) is 7.31. The topological polar surface area (TPSA) is 0 Å². The van der Waals surface area contributed by atoms with Crippen LogP contribution in [-0.4, -0.2) is 0 Å². The maximum absolute atomic E-state index is 2.41. The fraction of sp³-hybridized carbons (Fsp3) is 0. The van der Waals surface area contributed by atoms with Gasteiger partial charge in [0.25, 0.3) is 0 Å². The predicted molar refractivity (Wildman–Crippen MR) is 282 cm³/mol. The van der Waals surface area contributed by atoms with Gasteiger partial charge in [-0.3, -0.25) is 0 Å². The Morgan fingerprint density at radius 1 is 0.136 bits per heavy atom. The third kappa shape index (κ3) is 4.62. The molecule has 13 aromatic carbocycles. The van der Waals surface area contributed by atoms with Crippen LogP contribution >= 0.6 is 0 Å². The zero-order valence-electron chi connectivity index (χ0n) is 35.9. The molecule has 0 bridgehead atoms. The van der Waals surface area contributed by atoms with Crippen LogP contribution in [0, 0.1) is 0 Å². The Morgan fingerprint density at radius 3 is 0.697 bits per heavy atom. The minimum atomic E-state index is 1.21. The molecule has 0 spiro atoms. The Hall–Kier alpha value is -8.58. The molecule has 0 unspecified atom stereocenters. The first kappa shape index (κ1) is 35.8. The van der Waals surface area contributed by atoms with Gasteiger partial charge in [-0.25, -0.2) is 0 Å². The lowest BCUT2D eigenvalue weighted by molar-refractivity contribution is 1.60. The molecule has 302 valence electrons. The summed E-state index contributed by atoms with van der Waals surface area (Å²) in [5, 5.41) is 15.7. The summed E-state index contributed by atoms with van der Waals surface area (Å²) in [7, 11) is 0. The second-order valence-corrected chi connectivity index (χ2v) is 18.1. The molecule has 0 radical (unpaired) electrons. The van der Waals surface area contributed by atoms with Crippen molar-refractivity contribution in [3.63, 3.8) is 0 Å². The summed E-state index contributed by atoms with van der Waals surface area (Å²) in [5.41, 5.74) is 20.6. The van der Waals surface area contributed by atoms with Crippen LogP contribution < -0.4 is 0 Å². The van der Waals surface area contributed by atoms with Crippen molar-refractivity contribution < 1.29 is 0 Å². The third-order valence-electron chi connectivity index (χ3n) is 14.9. The molecule has 2 aliphatic rings. The fourth-order valence-electron chi connectivity index (χ4n) is 12.5. The van der Waals surface area contributed by atoms with E-state index in [-0.39, 0.29) is 0 Å². The molecule has 0 heteroatoms. The van der Waals surface area contributed by atoms with Gasteiger partial charge in [-0.05, 0) is 154 Å². The monoisotopic (exact) mass is 830 g/mol. The van der Waals surface area contributed by atoms with Crippen LogP contribution in [0.25, 0.3) is 154 Å². The van der Waals surface area contributed by atoms with Crippen LogP contribution in [0.1, 0.15) is 0 Å². The van der Waals surface area contributed by atoms with Crippen molar-refractivity contribution in [2.75, 3.05) is 0 Å². The standard InChI is InChI=1S/C66H38/c1-5-21-39(22-6-1)43-37-38-44(40-23-7-2-8-24-40)56-54(42-27-11-4-12-28-42)64-62-52-36-20-18-34-50(52)60-58-48-32-16-14-30-46(48)45-29-13-15-31-47(45)57(58)59-49-33-17-19-35-51(49)61(66(62)65(59)60)63(64)53(55(43)56)41-25-9-3-10-26-41/h1-38H. The van der Waals surface area contributed by atoms with Gasteiger partial charge < -0.3 is 0 Å². The van der Waals surface area contributed by atoms with Gasteiger partial charge in [0, 0.05) is 0 Å². The van der Waals surface area contributed by atoms with Crippen molar-refractivity contribution in [3.05, 3.63) is 231 Å². The van der Waals surface area contributed by atoms with Crippen molar-refractivity contribution >= 4 is 64.6 Å². The van der Waals surface area contributed by atoms with Crippen LogP contribution in [0.3, 0.4) is 0 Å². The molecule has 0 aromatic heterocycles. The molecule has 0 amide bonds. The lowest BCUT2D eigenvalue weighted by Gasteiger charge is -2.25. The molecule has 0 fully saturated rings. The van der Waals surface area contributed by atoms with E-state index in [1.807, 2.05) is 0 Å². The van der Waals surface area contributed by atoms with E-state index in [2.05, 4.69) is 231 Å². The smallest absolute Gasteiger partial charge is 0.0000469 e. The first-order valence-corrected chi connectivity index (χ1v) is 23.1. The average Bonchev–Trinajstić information content (AvgIpc) is 3.94. The summed E-state index contributed by atoms with van der Waals surface area (Å²) in [6, 6.07) is 86.3. The van der Waals surface area contributed by atoms with E-state index in [0.717, 1.165) is 0 Å². The van der Waals surface area contributed by atoms with Crippen molar-refractivity contribution in [3.8, 4) is 89.0 Å². The summed E-state index contributed by atoms with van der Waals surface area (Å²) in [5.74, 6) is 0. The highest BCUT2D eigenvalue weighted by Gasteiger charge is 2.40. The fourth-order valence-corrected chi connectivity index (χ4v) is 12.5. The van der Waals surface area contributed by atoms with E-state index in [0.29, 0.717) is 0 Å². The number of hydrogen-bond donors (Lipinski definition) is 0. The second-order valence-electron chi connectivity index (χ2n) is 18.1. The number of fused-ring (bicyclic) bond motifs is 18. The molecule has 0 atom stereocenters. The van der Waals surface area contributed by atoms with Gasteiger partial charge in [-0.15, -0.1) is 0 Å². The highest BCUT2D eigenvalue weighted by atomic mass is 14.4. The van der Waals surface area contributed by atoms with Crippen LogP contribution in [0.2, 0.25) is 0 Å². The Morgan fingerprint density at radius 2 is 0.379 bits per heavy atom. The minimum absolute atomic E-state index is 1.21. The van der Waals surface area contributed by atoms with E-state index in [1.165, 1.54) is 154 Å². The number of hydrogen-bond acceptors (Lipinski definition) is 0. The molecule has 0 aliphatic heterocycles. The normalized spacial score (nSPS) is 12.2. The summed E-state index contributed by atoms with van der Waals surface area (Å²) in [4.78, 5) is 0. The van der Waals surface area contributed by atoms with E-state index < -0.39 is 0 Å². The third-order valence-corrected chi connectivity index (χ3v) is 14.9. The van der Waals surface area contributed by atoms with Crippen molar-refractivity contribution in [2.45, 2.75) is 0 Å². The number of benzene rings is 13. The SMILES string of the molecule is c1ccc(-c2ccc(-c3ccccc3)c3c(-c4ccccc4)c4c(c(-c5ccccc5)c23)-c2c3ccccc3c3c5c(c6ccccc6c-4c25)-c2c-3c3ccccc3c3ccccc23)cc1. The lowest BCUT2D eigenvalue weighted by atomic mass is 9.77. The maximum Gasteiger partial charge on any atom is -0.0000469 e. The summed E-state index contributed by atoms with van der Waals surface area (Å²) >= 11 is 0. The molecular weight excluding hydrogens is 793 g/mol. The zero-order chi connectivity index (χ0) is 43.0. The van der Waals surface area contributed by atoms with Crippen molar-refractivity contribution in [2.24, 2.45) is 0 Å². The van der Waals surface area contributed by atoms with Gasteiger partial charge in [-0.1, -0.05) is 231 Å². The van der Waals surface area contributed by atoms with Gasteiger partial charge in [0.1, 0.15) is 0 Å². The van der Waals surface area contributed by atoms with Crippen LogP contribution in [0.4, 0.5) is 0 Å². The average molecular weight is 831 g/mol. The Balaban J connectivity index is 1.28. The highest BCUT2D eigenvalue weighted by molar-refractivity contribution is 6.46. The quantitative estimate of drug-likeness (QED) is 0.122. The van der Waals surface area contributed by atoms with E-state index in [1.54, 1.807) is 0 Å². The molecule has 0 nitrogen and oxygen atoms in total. The second kappa shape index (κ2) is 13.5. The molecule has 0 saturated heterocycles. The van der Waals surface area contributed by atoms with Gasteiger partial charge in [-0.2, -0.15) is 0 Å².